The van der Waals surface area contributed by atoms with Crippen LogP contribution in [0.15, 0.2) is 42.6 Å². The van der Waals surface area contributed by atoms with E-state index in [4.69, 9.17) is 11.6 Å². The number of aromatic nitrogens is 1. The molecular formula is C17H13ClN2O2S. The zero-order valence-electron chi connectivity index (χ0n) is 12.3. The topological polar surface area (TPSA) is 50.3 Å². The van der Waals surface area contributed by atoms with Crippen LogP contribution in [0, 0.1) is 0 Å². The van der Waals surface area contributed by atoms with Crippen molar-refractivity contribution in [3.8, 4) is 0 Å². The van der Waals surface area contributed by atoms with Crippen LogP contribution in [0.1, 0.15) is 25.6 Å². The molecule has 1 aromatic carbocycles. The molecule has 0 aliphatic rings. The number of thiophene rings is 1. The molecule has 0 fully saturated rings. The van der Waals surface area contributed by atoms with Gasteiger partial charge in [0.05, 0.1) is 27.3 Å². The number of amides is 1. The van der Waals surface area contributed by atoms with Gasteiger partial charge < -0.3 is 4.90 Å². The highest BCUT2D eigenvalue weighted by molar-refractivity contribution is 7.19. The molecule has 0 saturated carbocycles. The monoisotopic (exact) mass is 344 g/mol. The summed E-state index contributed by atoms with van der Waals surface area (Å²) >= 11 is 7.67. The molecule has 0 bridgehead atoms. The van der Waals surface area contributed by atoms with Crippen LogP contribution >= 0.6 is 22.9 Å². The average molecular weight is 345 g/mol. The molecule has 4 nitrogen and oxygen atoms in total. The quantitative estimate of drug-likeness (QED) is 0.671. The Morgan fingerprint density at radius 2 is 2.13 bits per heavy atom. The molecule has 0 unspecified atom stereocenters. The van der Waals surface area contributed by atoms with E-state index in [0.717, 1.165) is 15.1 Å². The minimum Gasteiger partial charge on any atom is -0.337 e. The van der Waals surface area contributed by atoms with Crippen molar-refractivity contribution < 1.29 is 9.59 Å². The third kappa shape index (κ3) is 3.11. The van der Waals surface area contributed by atoms with Gasteiger partial charge in [-0.15, -0.1) is 11.3 Å². The molecule has 2 aromatic heterocycles. The number of benzene rings is 1. The van der Waals surface area contributed by atoms with Crippen molar-refractivity contribution >= 4 is 45.3 Å². The Bertz CT molecular complexity index is 891. The number of carbonyl (C=O) groups is 2. The largest absolute Gasteiger partial charge is 0.337 e. The molecule has 6 heteroatoms. The van der Waals surface area contributed by atoms with Gasteiger partial charge in [0.1, 0.15) is 0 Å². The molecule has 2 heterocycles. The first kappa shape index (κ1) is 15.6. The SMILES string of the molecule is CN(Cc1cc2nccc(Cl)c2s1)C(=O)c1ccccc1C=O. The highest BCUT2D eigenvalue weighted by atomic mass is 35.5. The smallest absolute Gasteiger partial charge is 0.254 e. The average Bonchev–Trinajstić information content (AvgIpc) is 2.98. The zero-order chi connectivity index (χ0) is 16.4. The Kier molecular flexibility index (Phi) is 4.41. The number of pyridine rings is 1. The molecule has 0 spiro atoms. The van der Waals surface area contributed by atoms with Crippen molar-refractivity contribution in [1.29, 1.82) is 0 Å². The van der Waals surface area contributed by atoms with Crippen LogP contribution in [0.25, 0.3) is 10.2 Å². The van der Waals surface area contributed by atoms with E-state index in [0.29, 0.717) is 29.0 Å². The first-order valence-corrected chi connectivity index (χ1v) is 8.12. The third-order valence-electron chi connectivity index (χ3n) is 3.47. The molecule has 23 heavy (non-hydrogen) atoms. The molecular weight excluding hydrogens is 332 g/mol. The lowest BCUT2D eigenvalue weighted by Crippen LogP contribution is -2.26. The Morgan fingerprint density at radius 1 is 1.35 bits per heavy atom. The normalized spacial score (nSPS) is 10.7. The second kappa shape index (κ2) is 6.48. The van der Waals surface area contributed by atoms with Gasteiger partial charge in [0, 0.05) is 23.7 Å². The number of carbonyl (C=O) groups excluding carboxylic acids is 2. The number of hydrogen-bond donors (Lipinski definition) is 0. The first-order chi connectivity index (χ1) is 11.1. The molecule has 1 amide bonds. The van der Waals surface area contributed by atoms with Crippen LogP contribution in [-0.4, -0.2) is 29.1 Å². The third-order valence-corrected chi connectivity index (χ3v) is 5.04. The van der Waals surface area contributed by atoms with Crippen molar-refractivity contribution in [3.63, 3.8) is 0 Å². The maximum absolute atomic E-state index is 12.5. The molecule has 0 N–H and O–H groups in total. The molecule has 3 aromatic rings. The summed E-state index contributed by atoms with van der Waals surface area (Å²) < 4.78 is 0.915. The van der Waals surface area contributed by atoms with Gasteiger partial charge in [0.25, 0.3) is 5.91 Å². The maximum atomic E-state index is 12.5. The summed E-state index contributed by atoms with van der Waals surface area (Å²) in [6.07, 6.45) is 2.36. The molecule has 3 rings (SSSR count). The fraction of sp³-hybridized carbons (Fsp3) is 0.118. The van der Waals surface area contributed by atoms with Crippen molar-refractivity contribution in [2.75, 3.05) is 7.05 Å². The van der Waals surface area contributed by atoms with Gasteiger partial charge in [-0.05, 0) is 18.2 Å². The van der Waals surface area contributed by atoms with Gasteiger partial charge in [-0.2, -0.15) is 0 Å². The van der Waals surface area contributed by atoms with Gasteiger partial charge in [-0.3, -0.25) is 14.6 Å². The highest BCUT2D eigenvalue weighted by Gasteiger charge is 2.16. The van der Waals surface area contributed by atoms with E-state index in [2.05, 4.69) is 4.98 Å². The minimum absolute atomic E-state index is 0.191. The first-order valence-electron chi connectivity index (χ1n) is 6.92. The van der Waals surface area contributed by atoms with Crippen LogP contribution in [0.5, 0.6) is 0 Å². The second-order valence-electron chi connectivity index (χ2n) is 5.09. The molecule has 0 aliphatic heterocycles. The van der Waals surface area contributed by atoms with Gasteiger partial charge in [0.2, 0.25) is 0 Å². The number of halogens is 1. The number of nitrogens with zero attached hydrogens (tertiary/aromatic N) is 2. The lowest BCUT2D eigenvalue weighted by atomic mass is 10.1. The van der Waals surface area contributed by atoms with Crippen LogP contribution in [0.3, 0.4) is 0 Å². The van der Waals surface area contributed by atoms with Crippen LogP contribution in [0.4, 0.5) is 0 Å². The summed E-state index contributed by atoms with van der Waals surface area (Å²) in [6, 6.07) is 10.5. The van der Waals surface area contributed by atoms with E-state index in [1.165, 1.54) is 11.3 Å². The van der Waals surface area contributed by atoms with Gasteiger partial charge >= 0.3 is 0 Å². The molecule has 0 aliphatic carbocycles. The zero-order valence-corrected chi connectivity index (χ0v) is 13.9. The number of aldehydes is 1. The lowest BCUT2D eigenvalue weighted by molar-refractivity contribution is 0.0783. The minimum atomic E-state index is -0.191. The van der Waals surface area contributed by atoms with E-state index in [9.17, 15) is 9.59 Å². The molecule has 0 radical (unpaired) electrons. The Morgan fingerprint density at radius 3 is 2.87 bits per heavy atom. The summed E-state index contributed by atoms with van der Waals surface area (Å²) in [6.45, 7) is 0.434. The van der Waals surface area contributed by atoms with Crippen molar-refractivity contribution in [2.24, 2.45) is 0 Å². The van der Waals surface area contributed by atoms with Crippen LogP contribution in [0.2, 0.25) is 5.02 Å². The lowest BCUT2D eigenvalue weighted by Gasteiger charge is -2.17. The summed E-state index contributed by atoms with van der Waals surface area (Å²) in [4.78, 5) is 30.5. The van der Waals surface area contributed by atoms with E-state index >= 15 is 0 Å². The van der Waals surface area contributed by atoms with E-state index < -0.39 is 0 Å². The summed E-state index contributed by atoms with van der Waals surface area (Å²) in [5.41, 5.74) is 1.62. The molecule has 116 valence electrons. The van der Waals surface area contributed by atoms with Gasteiger partial charge in [0.15, 0.2) is 6.29 Å². The predicted molar refractivity (Wildman–Crippen MR) is 92.3 cm³/mol. The number of rotatable bonds is 4. The predicted octanol–water partition coefficient (Wildman–Crippen LogP) is 4.03. The Hall–Kier alpha value is -2.24. The van der Waals surface area contributed by atoms with Gasteiger partial charge in [-0.25, -0.2) is 0 Å². The van der Waals surface area contributed by atoms with E-state index in [-0.39, 0.29) is 5.91 Å². The van der Waals surface area contributed by atoms with Crippen molar-refractivity contribution in [2.45, 2.75) is 6.54 Å². The van der Waals surface area contributed by atoms with Crippen LogP contribution < -0.4 is 0 Å². The Labute approximate surface area is 142 Å². The fourth-order valence-corrected chi connectivity index (χ4v) is 3.68. The molecule has 0 saturated heterocycles. The van der Waals surface area contributed by atoms with E-state index in [1.54, 1.807) is 48.5 Å². The van der Waals surface area contributed by atoms with E-state index in [1.807, 2.05) is 6.07 Å². The van der Waals surface area contributed by atoms with Crippen molar-refractivity contribution in [1.82, 2.24) is 9.88 Å². The molecule has 0 atom stereocenters. The Balaban J connectivity index is 1.85. The highest BCUT2D eigenvalue weighted by Crippen LogP contribution is 2.30. The fourth-order valence-electron chi connectivity index (χ4n) is 2.34. The van der Waals surface area contributed by atoms with Crippen molar-refractivity contribution in [3.05, 3.63) is 63.6 Å². The summed E-state index contributed by atoms with van der Waals surface area (Å²) in [7, 11) is 1.71. The standard InChI is InChI=1S/C17H13ClN2O2S/c1-20(17(22)13-5-3-2-4-11(13)10-21)9-12-8-15-16(23-12)14(18)6-7-19-15/h2-8,10H,9H2,1H3. The number of fused-ring (bicyclic) bond motifs is 1. The summed E-state index contributed by atoms with van der Waals surface area (Å²) in [5, 5.41) is 0.659. The van der Waals surface area contributed by atoms with Gasteiger partial charge in [-0.1, -0.05) is 29.8 Å². The second-order valence-corrected chi connectivity index (χ2v) is 6.63. The van der Waals surface area contributed by atoms with Crippen LogP contribution in [-0.2, 0) is 6.54 Å². The maximum Gasteiger partial charge on any atom is 0.254 e. The number of hydrogen-bond acceptors (Lipinski definition) is 4. The summed E-state index contributed by atoms with van der Waals surface area (Å²) in [5.74, 6) is -0.191.